The maximum Gasteiger partial charge on any atom is 0.347 e. The highest BCUT2D eigenvalue weighted by Crippen LogP contribution is 2.50. The van der Waals surface area contributed by atoms with Crippen LogP contribution in [0.25, 0.3) is 21.5 Å². The molecular formula is C26H30N4O5S. The van der Waals surface area contributed by atoms with E-state index >= 15 is 0 Å². The van der Waals surface area contributed by atoms with Gasteiger partial charge in [-0.2, -0.15) is 0 Å². The largest absolute Gasteiger partial charge is 0.465 e. The van der Waals surface area contributed by atoms with E-state index in [4.69, 9.17) is 4.74 Å². The summed E-state index contributed by atoms with van der Waals surface area (Å²) in [5.74, 6) is -0.0376. The van der Waals surface area contributed by atoms with E-state index < -0.39 is 10.9 Å². The molecule has 3 aliphatic rings. The number of rotatable bonds is 5. The molecule has 9 nitrogen and oxygen atoms in total. The summed E-state index contributed by atoms with van der Waals surface area (Å²) in [5, 5.41) is 22.9. The Balaban J connectivity index is 1.42. The van der Waals surface area contributed by atoms with Gasteiger partial charge in [-0.3, -0.25) is 10.1 Å². The lowest BCUT2D eigenvalue weighted by Crippen LogP contribution is -2.23. The fourth-order valence-corrected chi connectivity index (χ4v) is 7.82. The number of hydrogen-bond acceptors (Lipinski definition) is 8. The molecule has 1 N–H and O–H groups in total. The van der Waals surface area contributed by atoms with Crippen LogP contribution >= 0.6 is 11.3 Å². The normalized spacial score (nSPS) is 24.4. The molecule has 1 saturated heterocycles. The predicted molar refractivity (Wildman–Crippen MR) is 138 cm³/mol. The molecule has 10 heteroatoms. The monoisotopic (exact) mass is 510 g/mol. The molecular weight excluding hydrogens is 480 g/mol. The van der Waals surface area contributed by atoms with Crippen molar-refractivity contribution in [3.05, 3.63) is 40.2 Å². The minimum atomic E-state index is -0.695. The molecule has 0 spiro atoms. The zero-order valence-corrected chi connectivity index (χ0v) is 21.1. The topological polar surface area (TPSA) is 111 Å². The van der Waals surface area contributed by atoms with Crippen LogP contribution < -0.4 is 4.90 Å². The Morgan fingerprint density at radius 3 is 2.58 bits per heavy atom. The number of aromatic nitrogens is 2. The molecule has 0 radical (unpaired) electrons. The Labute approximate surface area is 212 Å². The molecule has 36 heavy (non-hydrogen) atoms. The summed E-state index contributed by atoms with van der Waals surface area (Å²) in [5.41, 5.74) is 2.33. The van der Waals surface area contributed by atoms with Crippen LogP contribution in [0.1, 0.15) is 61.3 Å². The summed E-state index contributed by atoms with van der Waals surface area (Å²) >= 11 is 1.28. The first-order valence-corrected chi connectivity index (χ1v) is 13.6. The number of carbonyl (C=O) groups is 1. The first-order chi connectivity index (χ1) is 17.4. The van der Waals surface area contributed by atoms with E-state index in [1.807, 2.05) is 24.5 Å². The number of esters is 1. The number of carbonyl (C=O) groups excluding carboxylic acids is 1. The Kier molecular flexibility index (Phi) is 5.95. The fraction of sp³-hybridized carbons (Fsp3) is 0.538. The number of benzene rings is 1. The minimum Gasteiger partial charge on any atom is -0.465 e. The quantitative estimate of drug-likeness (QED) is 0.286. The summed E-state index contributed by atoms with van der Waals surface area (Å²) in [6, 6.07) is 6.24. The van der Waals surface area contributed by atoms with E-state index in [1.165, 1.54) is 37.7 Å². The van der Waals surface area contributed by atoms with Crippen molar-refractivity contribution in [2.24, 2.45) is 11.8 Å². The van der Waals surface area contributed by atoms with Gasteiger partial charge in [0, 0.05) is 24.7 Å². The number of fused-ring (bicyclic) bond motifs is 2. The molecule has 0 amide bonds. The van der Waals surface area contributed by atoms with Crippen molar-refractivity contribution >= 4 is 39.0 Å². The molecule has 3 atom stereocenters. The summed E-state index contributed by atoms with van der Waals surface area (Å²) < 4.78 is 7.25. The van der Waals surface area contributed by atoms with Crippen molar-refractivity contribution < 1.29 is 19.6 Å². The van der Waals surface area contributed by atoms with Gasteiger partial charge in [-0.15, -0.1) is 11.3 Å². The average Bonchev–Trinajstić information content (AvgIpc) is 3.63. The molecule has 1 aliphatic heterocycles. The van der Waals surface area contributed by atoms with Gasteiger partial charge in [0.2, 0.25) is 0 Å². The third-order valence-corrected chi connectivity index (χ3v) is 9.54. The van der Waals surface area contributed by atoms with Gasteiger partial charge in [-0.1, -0.05) is 25.3 Å². The first-order valence-electron chi connectivity index (χ1n) is 12.7. The number of anilines is 1. The zero-order valence-electron chi connectivity index (χ0n) is 20.3. The molecule has 0 unspecified atom stereocenters. The second kappa shape index (κ2) is 9.15. The number of thiophene rings is 1. The molecule has 3 heterocycles. The maximum atomic E-state index is 12.8. The van der Waals surface area contributed by atoms with Gasteiger partial charge in [0.15, 0.2) is 5.56 Å². The number of imidazole rings is 1. The highest BCUT2D eigenvalue weighted by atomic mass is 32.1. The third kappa shape index (κ3) is 3.87. The highest BCUT2D eigenvalue weighted by Gasteiger charge is 2.44. The fourth-order valence-electron chi connectivity index (χ4n) is 6.55. The highest BCUT2D eigenvalue weighted by molar-refractivity contribution is 7.20. The number of hydrogen-bond donors (Lipinski definition) is 1. The van der Waals surface area contributed by atoms with Gasteiger partial charge in [0.05, 0.1) is 35.5 Å². The van der Waals surface area contributed by atoms with Crippen LogP contribution in [-0.4, -0.2) is 51.9 Å². The summed E-state index contributed by atoms with van der Waals surface area (Å²) in [4.78, 5) is 31.8. The van der Waals surface area contributed by atoms with Crippen LogP contribution in [0.4, 0.5) is 10.7 Å². The molecule has 2 saturated carbocycles. The number of nitro groups is 1. The van der Waals surface area contributed by atoms with Gasteiger partial charge in [-0.25, -0.2) is 9.78 Å². The average molecular weight is 511 g/mol. The Morgan fingerprint density at radius 2 is 1.92 bits per heavy atom. The van der Waals surface area contributed by atoms with E-state index in [9.17, 15) is 20.0 Å². The second-order valence-electron chi connectivity index (χ2n) is 10.4. The van der Waals surface area contributed by atoms with Crippen LogP contribution in [-0.2, 0) is 4.74 Å². The van der Waals surface area contributed by atoms with Gasteiger partial charge in [-0.05, 0) is 49.7 Å². The zero-order chi connectivity index (χ0) is 25.0. The lowest BCUT2D eigenvalue weighted by molar-refractivity contribution is -0.384. The van der Waals surface area contributed by atoms with Crippen LogP contribution in [0, 0.1) is 22.0 Å². The smallest absolute Gasteiger partial charge is 0.347 e. The summed E-state index contributed by atoms with van der Waals surface area (Å²) in [6.07, 6.45) is 9.07. The molecule has 0 bridgehead atoms. The van der Waals surface area contributed by atoms with Crippen LogP contribution in [0.3, 0.4) is 0 Å². The molecule has 2 aromatic heterocycles. The molecule has 6 rings (SSSR count). The van der Waals surface area contributed by atoms with Crippen molar-refractivity contribution in [2.75, 3.05) is 25.1 Å². The lowest BCUT2D eigenvalue weighted by atomic mass is 9.95. The SMILES string of the molecule is COC(=O)c1c(N2C[C@H]3C[C@@H](O)C[C@H]3C2)sc(-c2ccc3c(c2)ncn3C2CCCCC2)c1[N+](=O)[O-]. The van der Waals surface area contributed by atoms with E-state index in [0.29, 0.717) is 46.4 Å². The van der Waals surface area contributed by atoms with Gasteiger partial charge in [0.25, 0.3) is 0 Å². The van der Waals surface area contributed by atoms with Crippen molar-refractivity contribution in [1.29, 1.82) is 0 Å². The van der Waals surface area contributed by atoms with Gasteiger partial charge >= 0.3 is 11.7 Å². The van der Waals surface area contributed by atoms with E-state index in [0.717, 1.165) is 36.7 Å². The van der Waals surface area contributed by atoms with Crippen molar-refractivity contribution in [2.45, 2.75) is 57.1 Å². The minimum absolute atomic E-state index is 0.0239. The Hall–Kier alpha value is -2.98. The van der Waals surface area contributed by atoms with E-state index in [-0.39, 0.29) is 17.4 Å². The summed E-state index contributed by atoms with van der Waals surface area (Å²) in [6.45, 7) is 1.35. The molecule has 3 fully saturated rings. The molecule has 3 aromatic rings. The molecule has 2 aliphatic carbocycles. The first kappa shape index (κ1) is 23.4. The number of aliphatic hydroxyl groups excluding tert-OH is 1. The number of ether oxygens (including phenoxy) is 1. The van der Waals surface area contributed by atoms with Crippen molar-refractivity contribution in [1.82, 2.24) is 9.55 Å². The predicted octanol–water partition coefficient (Wildman–Crippen LogP) is 5.17. The van der Waals surface area contributed by atoms with Crippen molar-refractivity contribution in [3.63, 3.8) is 0 Å². The van der Waals surface area contributed by atoms with Gasteiger partial charge in [0.1, 0.15) is 9.88 Å². The van der Waals surface area contributed by atoms with Crippen LogP contribution in [0.2, 0.25) is 0 Å². The number of nitrogens with zero attached hydrogens (tertiary/aromatic N) is 4. The third-order valence-electron chi connectivity index (χ3n) is 8.25. The summed E-state index contributed by atoms with van der Waals surface area (Å²) in [7, 11) is 1.26. The Bertz CT molecular complexity index is 1310. The standard InChI is InChI=1S/C26H30N4O5S/c1-35-26(32)22-23(30(33)34)24(36-25(22)28-12-16-9-19(31)10-17(16)13-28)15-7-8-21-20(11-15)27-14-29(21)18-5-3-2-4-6-18/h7-8,11,14,16-19,31H,2-6,9-10,12-13H2,1H3/t16-,17+,19-. The van der Waals surface area contributed by atoms with Crippen molar-refractivity contribution in [3.8, 4) is 10.4 Å². The van der Waals surface area contributed by atoms with Gasteiger partial charge < -0.3 is 19.3 Å². The number of methoxy groups -OCH3 is 1. The van der Waals surface area contributed by atoms with E-state index in [1.54, 1.807) is 0 Å². The second-order valence-corrected chi connectivity index (χ2v) is 11.4. The van der Waals surface area contributed by atoms with E-state index in [2.05, 4.69) is 14.5 Å². The Morgan fingerprint density at radius 1 is 1.19 bits per heavy atom. The maximum absolute atomic E-state index is 12.8. The molecule has 190 valence electrons. The van der Waals surface area contributed by atoms with Crippen LogP contribution in [0.15, 0.2) is 24.5 Å². The number of aliphatic hydroxyl groups is 1. The van der Waals surface area contributed by atoms with Crippen LogP contribution in [0.5, 0.6) is 0 Å². The molecule has 1 aromatic carbocycles. The lowest BCUT2D eigenvalue weighted by Gasteiger charge is -2.23.